The number of methoxy groups -OCH3 is 1. The average Bonchev–Trinajstić information content (AvgIpc) is 2.14. The summed E-state index contributed by atoms with van der Waals surface area (Å²) < 4.78 is 5.06. The topological polar surface area (TPSA) is 24.5 Å². The zero-order chi connectivity index (χ0) is 10.1. The summed E-state index contributed by atoms with van der Waals surface area (Å²) in [7, 11) is 5.92. The summed E-state index contributed by atoms with van der Waals surface area (Å²) >= 11 is 0. The van der Waals surface area contributed by atoms with E-state index in [-0.39, 0.29) is 0 Å². The minimum atomic E-state index is 0.644. The Hall–Kier alpha value is -0.120. The van der Waals surface area contributed by atoms with Gasteiger partial charge in [0.15, 0.2) is 0 Å². The summed E-state index contributed by atoms with van der Waals surface area (Å²) in [5.41, 5.74) is 0. The number of nitrogens with one attached hydrogen (secondary N) is 1. The average molecular weight is 188 g/mol. The second-order valence-corrected chi connectivity index (χ2v) is 3.47. The summed E-state index contributed by atoms with van der Waals surface area (Å²) in [6.45, 7) is 5.13. The second kappa shape index (κ2) is 8.48. The number of rotatable bonds is 8. The standard InChI is InChI=1S/C10H24N2O/c1-5-6-10(9-11-2)12(3)7-8-13-4/h10-11H,5-9H2,1-4H3. The maximum absolute atomic E-state index is 5.06. The van der Waals surface area contributed by atoms with Crippen molar-refractivity contribution in [3.8, 4) is 0 Å². The molecule has 0 aromatic carbocycles. The van der Waals surface area contributed by atoms with Crippen molar-refractivity contribution < 1.29 is 4.74 Å². The van der Waals surface area contributed by atoms with Crippen molar-refractivity contribution in [1.82, 2.24) is 10.2 Å². The molecule has 0 aromatic heterocycles. The summed E-state index contributed by atoms with van der Waals surface area (Å²) in [4.78, 5) is 2.36. The molecule has 13 heavy (non-hydrogen) atoms. The fourth-order valence-electron chi connectivity index (χ4n) is 1.46. The molecule has 0 radical (unpaired) electrons. The summed E-state index contributed by atoms with van der Waals surface area (Å²) in [5, 5.41) is 3.23. The number of hydrogen-bond donors (Lipinski definition) is 1. The smallest absolute Gasteiger partial charge is 0.0589 e. The quantitative estimate of drug-likeness (QED) is 0.614. The van der Waals surface area contributed by atoms with Gasteiger partial charge in [0.05, 0.1) is 6.61 Å². The molecular weight excluding hydrogens is 164 g/mol. The normalized spacial score (nSPS) is 13.6. The Morgan fingerprint density at radius 2 is 2.15 bits per heavy atom. The van der Waals surface area contributed by atoms with Gasteiger partial charge in [0.2, 0.25) is 0 Å². The van der Waals surface area contributed by atoms with Crippen LogP contribution in [0.25, 0.3) is 0 Å². The van der Waals surface area contributed by atoms with Crippen LogP contribution in [-0.2, 0) is 4.74 Å². The molecule has 0 bridgehead atoms. The molecule has 3 heteroatoms. The zero-order valence-corrected chi connectivity index (χ0v) is 9.47. The Morgan fingerprint density at radius 3 is 2.62 bits per heavy atom. The van der Waals surface area contributed by atoms with Gasteiger partial charge in [-0.2, -0.15) is 0 Å². The van der Waals surface area contributed by atoms with Crippen LogP contribution in [0, 0.1) is 0 Å². The maximum Gasteiger partial charge on any atom is 0.0589 e. The zero-order valence-electron chi connectivity index (χ0n) is 9.47. The predicted octanol–water partition coefficient (Wildman–Crippen LogP) is 0.953. The highest BCUT2D eigenvalue weighted by molar-refractivity contribution is 4.69. The first-order valence-corrected chi connectivity index (χ1v) is 5.10. The van der Waals surface area contributed by atoms with Crippen LogP contribution < -0.4 is 5.32 Å². The molecule has 0 rings (SSSR count). The van der Waals surface area contributed by atoms with E-state index in [1.807, 2.05) is 7.05 Å². The highest BCUT2D eigenvalue weighted by Crippen LogP contribution is 2.03. The van der Waals surface area contributed by atoms with Crippen LogP contribution in [0.2, 0.25) is 0 Å². The fourth-order valence-corrected chi connectivity index (χ4v) is 1.46. The first-order valence-electron chi connectivity index (χ1n) is 5.10. The molecule has 0 aliphatic heterocycles. The van der Waals surface area contributed by atoms with Crippen molar-refractivity contribution in [2.75, 3.05) is 40.9 Å². The third kappa shape index (κ3) is 6.02. The molecule has 3 nitrogen and oxygen atoms in total. The van der Waals surface area contributed by atoms with Crippen LogP contribution in [0.1, 0.15) is 19.8 Å². The molecule has 1 atom stereocenters. The molecule has 0 aliphatic carbocycles. The van der Waals surface area contributed by atoms with Crippen molar-refractivity contribution in [3.05, 3.63) is 0 Å². The third-order valence-electron chi connectivity index (χ3n) is 2.33. The van der Waals surface area contributed by atoms with Gasteiger partial charge in [0, 0.05) is 26.2 Å². The van der Waals surface area contributed by atoms with Crippen molar-refractivity contribution in [2.24, 2.45) is 0 Å². The van der Waals surface area contributed by atoms with E-state index in [4.69, 9.17) is 4.74 Å². The van der Waals surface area contributed by atoms with E-state index >= 15 is 0 Å². The van der Waals surface area contributed by atoms with Gasteiger partial charge in [-0.05, 0) is 20.5 Å². The monoisotopic (exact) mass is 188 g/mol. The van der Waals surface area contributed by atoms with Crippen molar-refractivity contribution in [2.45, 2.75) is 25.8 Å². The van der Waals surface area contributed by atoms with Crippen molar-refractivity contribution in [1.29, 1.82) is 0 Å². The van der Waals surface area contributed by atoms with Gasteiger partial charge >= 0.3 is 0 Å². The lowest BCUT2D eigenvalue weighted by Gasteiger charge is -2.27. The molecule has 0 saturated carbocycles. The molecular formula is C10H24N2O. The molecule has 0 fully saturated rings. The minimum absolute atomic E-state index is 0.644. The summed E-state index contributed by atoms with van der Waals surface area (Å²) in [6.07, 6.45) is 2.49. The van der Waals surface area contributed by atoms with Gasteiger partial charge in [0.1, 0.15) is 0 Å². The van der Waals surface area contributed by atoms with Crippen LogP contribution in [0.5, 0.6) is 0 Å². The number of likely N-dealkylation sites (N-methyl/N-ethyl adjacent to an activating group) is 2. The van der Waals surface area contributed by atoms with Gasteiger partial charge in [0.25, 0.3) is 0 Å². The Labute approximate surface area is 82.4 Å². The molecule has 1 unspecified atom stereocenters. The second-order valence-electron chi connectivity index (χ2n) is 3.47. The highest BCUT2D eigenvalue weighted by atomic mass is 16.5. The van der Waals surface area contributed by atoms with Crippen LogP contribution in [-0.4, -0.2) is 51.8 Å². The Bertz CT molecular complexity index is 103. The number of ether oxygens (including phenoxy) is 1. The van der Waals surface area contributed by atoms with Crippen molar-refractivity contribution in [3.63, 3.8) is 0 Å². The van der Waals surface area contributed by atoms with E-state index in [1.165, 1.54) is 12.8 Å². The molecule has 0 heterocycles. The molecule has 0 aromatic rings. The van der Waals surface area contributed by atoms with Crippen LogP contribution in [0.15, 0.2) is 0 Å². The molecule has 0 saturated heterocycles. The van der Waals surface area contributed by atoms with Gasteiger partial charge in [-0.25, -0.2) is 0 Å². The van der Waals surface area contributed by atoms with Gasteiger partial charge in [-0.1, -0.05) is 13.3 Å². The Morgan fingerprint density at radius 1 is 1.46 bits per heavy atom. The maximum atomic E-state index is 5.06. The SMILES string of the molecule is CCCC(CNC)N(C)CCOC. The number of hydrogen-bond acceptors (Lipinski definition) is 3. The van der Waals surface area contributed by atoms with E-state index in [9.17, 15) is 0 Å². The molecule has 1 N–H and O–H groups in total. The fraction of sp³-hybridized carbons (Fsp3) is 1.00. The van der Waals surface area contributed by atoms with Crippen LogP contribution in [0.4, 0.5) is 0 Å². The molecule has 0 spiro atoms. The first kappa shape index (κ1) is 12.9. The predicted molar refractivity (Wildman–Crippen MR) is 57.1 cm³/mol. The molecule has 0 aliphatic rings. The summed E-state index contributed by atoms with van der Waals surface area (Å²) in [6, 6.07) is 0.644. The first-order chi connectivity index (χ1) is 6.26. The van der Waals surface area contributed by atoms with E-state index in [0.717, 1.165) is 19.7 Å². The highest BCUT2D eigenvalue weighted by Gasteiger charge is 2.11. The Kier molecular flexibility index (Phi) is 8.40. The van der Waals surface area contributed by atoms with Gasteiger partial charge in [-0.3, -0.25) is 4.90 Å². The lowest BCUT2D eigenvalue weighted by molar-refractivity contribution is 0.134. The lowest BCUT2D eigenvalue weighted by Crippen LogP contribution is -2.40. The third-order valence-corrected chi connectivity index (χ3v) is 2.33. The minimum Gasteiger partial charge on any atom is -0.383 e. The van der Waals surface area contributed by atoms with Gasteiger partial charge < -0.3 is 10.1 Å². The van der Waals surface area contributed by atoms with E-state index in [2.05, 4.69) is 24.2 Å². The molecule has 80 valence electrons. The Balaban J connectivity index is 3.72. The van der Waals surface area contributed by atoms with Crippen molar-refractivity contribution >= 4 is 0 Å². The number of nitrogens with zero attached hydrogens (tertiary/aromatic N) is 1. The van der Waals surface area contributed by atoms with E-state index in [0.29, 0.717) is 6.04 Å². The van der Waals surface area contributed by atoms with E-state index in [1.54, 1.807) is 7.11 Å². The molecule has 0 amide bonds. The van der Waals surface area contributed by atoms with E-state index < -0.39 is 0 Å². The largest absolute Gasteiger partial charge is 0.383 e. The van der Waals surface area contributed by atoms with Crippen LogP contribution >= 0.6 is 0 Å². The van der Waals surface area contributed by atoms with Gasteiger partial charge in [-0.15, -0.1) is 0 Å². The summed E-state index contributed by atoms with van der Waals surface area (Å²) in [5.74, 6) is 0. The lowest BCUT2D eigenvalue weighted by atomic mass is 10.1. The van der Waals surface area contributed by atoms with Crippen LogP contribution in [0.3, 0.4) is 0 Å².